The Balaban J connectivity index is 2.51. The van der Waals surface area contributed by atoms with Gasteiger partial charge in [0.25, 0.3) is 0 Å². The minimum atomic E-state index is -5.06. The lowest BCUT2D eigenvalue weighted by Crippen LogP contribution is -2.60. The largest absolute Gasteiger partial charge is 0.457 e. The third kappa shape index (κ3) is 23.2. The van der Waals surface area contributed by atoms with Gasteiger partial charge in [-0.3, -0.25) is 9.35 Å². The van der Waals surface area contributed by atoms with Gasteiger partial charge in [0.15, 0.2) is 6.29 Å². The van der Waals surface area contributed by atoms with E-state index < -0.39 is 59.8 Å². The van der Waals surface area contributed by atoms with E-state index in [0.717, 1.165) is 83.5 Å². The second-order valence-corrected chi connectivity index (χ2v) is 13.1. The molecule has 0 aromatic rings. The van der Waals surface area contributed by atoms with E-state index >= 15 is 0 Å². The molecule has 0 radical (unpaired) electrons. The molecule has 0 saturated carbocycles. The molecule has 1 aliphatic heterocycles. The molecule has 0 bridgehead atoms. The van der Waals surface area contributed by atoms with Crippen LogP contribution in [0.4, 0.5) is 0 Å². The van der Waals surface area contributed by atoms with Crippen molar-refractivity contribution in [2.45, 2.75) is 147 Å². The quantitative estimate of drug-likeness (QED) is 0.0323. The second-order valence-electron chi connectivity index (χ2n) is 12.1. The molecule has 0 spiro atoms. The average Bonchev–Trinajstić information content (AvgIpc) is 3.06. The predicted molar refractivity (Wildman–Crippen MR) is 188 cm³/mol. The topological polar surface area (TPSA) is 178 Å². The van der Waals surface area contributed by atoms with Crippen molar-refractivity contribution in [2.75, 3.05) is 26.4 Å². The number of hydrogen-bond donors (Lipinski definition) is 4. The van der Waals surface area contributed by atoms with Crippen LogP contribution in [-0.4, -0.2) is 97.5 Å². The Kier molecular flexibility index (Phi) is 26.4. The van der Waals surface area contributed by atoms with Crippen molar-refractivity contribution < 1.29 is 56.2 Å². The number of allylic oxidation sites excluding steroid dienone is 8. The lowest BCUT2D eigenvalue weighted by molar-refractivity contribution is -0.301. The van der Waals surface area contributed by atoms with E-state index in [1.165, 1.54) is 0 Å². The highest BCUT2D eigenvalue weighted by Crippen LogP contribution is 2.26. The molecule has 6 atom stereocenters. The standard InChI is InChI=1S/C36H62O12S/c1-3-5-7-9-11-12-13-14-15-16-17-18-19-20-22-24-26-44-28-30(46-32(38)25-23-21-10-8-6-4-2)29-45-36-34(40)35(48-49(41,42)43)33(39)31(27-37)47-36/h5,7,11-12,14-15,17-18,30-31,33-37,39-40H,3-4,6,8-10,13,16,19-29H2,1-2H3,(H,41,42,43)/b7-5-,12-11-,15-14-,18-17-. The lowest BCUT2D eigenvalue weighted by atomic mass is 9.99. The maximum atomic E-state index is 12.6. The number of carbonyl (C=O) groups is 1. The first-order valence-electron chi connectivity index (χ1n) is 17.9. The summed E-state index contributed by atoms with van der Waals surface area (Å²) in [5, 5.41) is 30.4. The molecule has 6 unspecified atom stereocenters. The van der Waals surface area contributed by atoms with E-state index in [1.54, 1.807) is 0 Å². The van der Waals surface area contributed by atoms with E-state index in [4.69, 9.17) is 23.5 Å². The predicted octanol–water partition coefficient (Wildman–Crippen LogP) is 5.67. The molecular formula is C36H62O12S. The highest BCUT2D eigenvalue weighted by Gasteiger charge is 2.48. The first-order chi connectivity index (χ1) is 23.6. The highest BCUT2D eigenvalue weighted by molar-refractivity contribution is 7.80. The highest BCUT2D eigenvalue weighted by atomic mass is 32.3. The maximum Gasteiger partial charge on any atom is 0.397 e. The normalized spacial score (nSPS) is 22.6. The van der Waals surface area contributed by atoms with Gasteiger partial charge in [-0.2, -0.15) is 8.42 Å². The number of hydrogen-bond acceptors (Lipinski definition) is 11. The van der Waals surface area contributed by atoms with Gasteiger partial charge in [0.05, 0.1) is 19.8 Å². The van der Waals surface area contributed by atoms with Gasteiger partial charge in [0, 0.05) is 13.0 Å². The number of ether oxygens (including phenoxy) is 4. The Labute approximate surface area is 294 Å². The van der Waals surface area contributed by atoms with Crippen LogP contribution in [0.25, 0.3) is 0 Å². The molecule has 1 rings (SSSR count). The molecule has 13 heteroatoms. The Hall–Kier alpha value is -1.94. The zero-order valence-electron chi connectivity index (χ0n) is 29.5. The molecule has 1 saturated heterocycles. The molecule has 284 valence electrons. The van der Waals surface area contributed by atoms with Crippen LogP contribution in [0.5, 0.6) is 0 Å². The van der Waals surface area contributed by atoms with Crippen molar-refractivity contribution in [3.8, 4) is 0 Å². The summed E-state index contributed by atoms with van der Waals surface area (Å²) in [6.45, 7) is 3.68. The van der Waals surface area contributed by atoms with E-state index in [0.29, 0.717) is 13.0 Å². The summed E-state index contributed by atoms with van der Waals surface area (Å²) in [4.78, 5) is 12.6. The number of rotatable bonds is 29. The molecule has 1 heterocycles. The third-order valence-corrected chi connectivity index (χ3v) is 8.18. The first kappa shape index (κ1) is 45.1. The minimum Gasteiger partial charge on any atom is -0.457 e. The van der Waals surface area contributed by atoms with Crippen LogP contribution in [0, 0.1) is 0 Å². The number of carbonyl (C=O) groups excluding carboxylic acids is 1. The van der Waals surface area contributed by atoms with Gasteiger partial charge < -0.3 is 34.3 Å². The molecule has 0 aliphatic carbocycles. The number of aliphatic hydroxyl groups is 3. The summed E-state index contributed by atoms with van der Waals surface area (Å²) >= 11 is 0. The van der Waals surface area contributed by atoms with Gasteiger partial charge in [-0.1, -0.05) is 101 Å². The number of unbranched alkanes of at least 4 members (excludes halogenated alkanes) is 8. The summed E-state index contributed by atoms with van der Waals surface area (Å²) in [5.41, 5.74) is 0. The average molecular weight is 719 g/mol. The smallest absolute Gasteiger partial charge is 0.397 e. The molecule has 0 aromatic carbocycles. The Bertz CT molecular complexity index is 1060. The van der Waals surface area contributed by atoms with Gasteiger partial charge in [-0.15, -0.1) is 0 Å². The van der Waals surface area contributed by atoms with Crippen LogP contribution in [0.1, 0.15) is 110 Å². The fourth-order valence-corrected chi connectivity index (χ4v) is 5.52. The van der Waals surface area contributed by atoms with Crippen LogP contribution in [-0.2, 0) is 38.3 Å². The maximum absolute atomic E-state index is 12.6. The second kappa shape index (κ2) is 28.7. The van der Waals surface area contributed by atoms with Gasteiger partial charge >= 0.3 is 16.4 Å². The van der Waals surface area contributed by atoms with E-state index in [-0.39, 0.29) is 19.6 Å². The fourth-order valence-electron chi connectivity index (χ4n) is 5.01. The van der Waals surface area contributed by atoms with Gasteiger partial charge in [-0.05, 0) is 51.4 Å². The number of esters is 1. The summed E-state index contributed by atoms with van der Waals surface area (Å²) in [6, 6.07) is 0. The zero-order chi connectivity index (χ0) is 36.2. The van der Waals surface area contributed by atoms with Crippen LogP contribution >= 0.6 is 0 Å². The molecule has 1 aliphatic rings. The summed E-state index contributed by atoms with van der Waals surface area (Å²) in [7, 11) is -5.06. The van der Waals surface area contributed by atoms with Crippen LogP contribution in [0.2, 0.25) is 0 Å². The van der Waals surface area contributed by atoms with E-state index in [9.17, 15) is 28.5 Å². The molecule has 0 amide bonds. The monoisotopic (exact) mass is 718 g/mol. The van der Waals surface area contributed by atoms with Crippen molar-refractivity contribution in [1.82, 2.24) is 0 Å². The molecule has 1 fully saturated rings. The Morgan fingerprint density at radius 2 is 1.41 bits per heavy atom. The molecule has 12 nitrogen and oxygen atoms in total. The zero-order valence-corrected chi connectivity index (χ0v) is 30.3. The summed E-state index contributed by atoms with van der Waals surface area (Å²) in [5.74, 6) is -0.424. The van der Waals surface area contributed by atoms with Gasteiger partial charge in [0.2, 0.25) is 0 Å². The fraction of sp³-hybridized carbons (Fsp3) is 0.750. The number of aliphatic hydroxyl groups excluding tert-OH is 3. The minimum absolute atomic E-state index is 0.0128. The molecule has 49 heavy (non-hydrogen) atoms. The van der Waals surface area contributed by atoms with Crippen LogP contribution < -0.4 is 0 Å². The van der Waals surface area contributed by atoms with Crippen LogP contribution in [0.3, 0.4) is 0 Å². The molecule has 4 N–H and O–H groups in total. The lowest BCUT2D eigenvalue weighted by Gasteiger charge is -2.41. The Morgan fingerprint density at radius 3 is 2.04 bits per heavy atom. The van der Waals surface area contributed by atoms with E-state index in [2.05, 4.69) is 66.6 Å². The summed E-state index contributed by atoms with van der Waals surface area (Å²) < 4.78 is 58.4. The molecular weight excluding hydrogens is 656 g/mol. The molecule has 0 aromatic heterocycles. The van der Waals surface area contributed by atoms with Crippen molar-refractivity contribution >= 4 is 16.4 Å². The van der Waals surface area contributed by atoms with Crippen molar-refractivity contribution in [3.63, 3.8) is 0 Å². The van der Waals surface area contributed by atoms with Gasteiger partial charge in [-0.25, -0.2) is 4.18 Å². The van der Waals surface area contributed by atoms with Crippen molar-refractivity contribution in [3.05, 3.63) is 48.6 Å². The third-order valence-electron chi connectivity index (χ3n) is 7.72. The summed E-state index contributed by atoms with van der Waals surface area (Å²) in [6.07, 6.45) is 22.0. The van der Waals surface area contributed by atoms with E-state index in [1.807, 2.05) is 0 Å². The Morgan fingerprint density at radius 1 is 0.796 bits per heavy atom. The van der Waals surface area contributed by atoms with Crippen molar-refractivity contribution in [2.24, 2.45) is 0 Å². The first-order valence-corrected chi connectivity index (χ1v) is 19.3. The SMILES string of the molecule is CC/C=C\C/C=C\C/C=C\C/C=C\CCCCCOCC(COC1OC(CO)C(O)C(OS(=O)(=O)O)C1O)OC(=O)CCCCCCCC. The van der Waals surface area contributed by atoms with Gasteiger partial charge in [0.1, 0.15) is 30.5 Å². The van der Waals surface area contributed by atoms with Crippen molar-refractivity contribution in [1.29, 1.82) is 0 Å². The van der Waals surface area contributed by atoms with Crippen LogP contribution in [0.15, 0.2) is 48.6 Å².